The van der Waals surface area contributed by atoms with Crippen LogP contribution < -0.4 is 0 Å². The molecule has 66 heavy (non-hydrogen) atoms. The number of hydrogen-bond acceptors (Lipinski definition) is 4. The minimum Gasteiger partial charge on any atom is -0.454 e. The molecule has 0 saturated carbocycles. The van der Waals surface area contributed by atoms with Crippen LogP contribution in [0.2, 0.25) is 0 Å². The minimum atomic E-state index is -0.982. The van der Waals surface area contributed by atoms with Gasteiger partial charge in [-0.15, -0.1) is 0 Å². The molecule has 0 atom stereocenters. The van der Waals surface area contributed by atoms with E-state index in [1.165, 1.54) is 0 Å². The van der Waals surface area contributed by atoms with Crippen molar-refractivity contribution in [3.05, 3.63) is 193 Å². The third-order valence-corrected chi connectivity index (χ3v) is 14.1. The highest BCUT2D eigenvalue weighted by Gasteiger charge is 2.37. The van der Waals surface area contributed by atoms with Crippen molar-refractivity contribution < 1.29 is 8.83 Å². The van der Waals surface area contributed by atoms with Gasteiger partial charge in [-0.1, -0.05) is 121 Å². The predicted octanol–water partition coefficient (Wildman–Crippen LogP) is 15.3. The lowest BCUT2D eigenvalue weighted by Gasteiger charge is -2.33. The molecule has 0 aliphatic heterocycles. The molecule has 0 unspecified atom stereocenters. The van der Waals surface area contributed by atoms with Crippen LogP contribution in [0.1, 0.15) is 30.5 Å². The fourth-order valence-electron chi connectivity index (χ4n) is 11.4. The van der Waals surface area contributed by atoms with E-state index in [0.717, 1.165) is 109 Å². The van der Waals surface area contributed by atoms with Crippen LogP contribution in [0, 0.1) is 22.7 Å². The van der Waals surface area contributed by atoms with Crippen LogP contribution in [0.25, 0.3) is 121 Å². The summed E-state index contributed by atoms with van der Waals surface area (Å²) in [4.78, 5) is 0. The molecular formula is C59H35N5O2. The van der Waals surface area contributed by atoms with Crippen molar-refractivity contribution in [2.45, 2.75) is 19.4 Å². The number of para-hydroxylation sites is 6. The molecular weight excluding hydrogens is 811 g/mol. The van der Waals surface area contributed by atoms with Crippen LogP contribution in [0.4, 0.5) is 0 Å². The van der Waals surface area contributed by atoms with Crippen molar-refractivity contribution in [1.29, 1.82) is 10.5 Å². The third kappa shape index (κ3) is 4.58. The van der Waals surface area contributed by atoms with Crippen molar-refractivity contribution in [3.63, 3.8) is 0 Å². The lowest BCUT2D eigenvalue weighted by Crippen LogP contribution is -2.31. The Labute approximate surface area is 376 Å². The predicted molar refractivity (Wildman–Crippen MR) is 267 cm³/mol. The monoisotopic (exact) mass is 845 g/mol. The van der Waals surface area contributed by atoms with E-state index in [4.69, 9.17) is 8.83 Å². The molecule has 14 rings (SSSR count). The number of furan rings is 2. The zero-order valence-corrected chi connectivity index (χ0v) is 35.8. The van der Waals surface area contributed by atoms with E-state index in [0.29, 0.717) is 28.1 Å². The molecule has 5 heterocycles. The molecule has 0 spiro atoms. The van der Waals surface area contributed by atoms with Crippen LogP contribution in [0.5, 0.6) is 0 Å². The van der Waals surface area contributed by atoms with Crippen molar-refractivity contribution in [3.8, 4) is 23.5 Å². The quantitative estimate of drug-likeness (QED) is 0.176. The molecule has 0 N–H and O–H groups in total. The molecule has 0 bridgehead atoms. The van der Waals surface area contributed by atoms with Crippen LogP contribution in [0.3, 0.4) is 0 Å². The van der Waals surface area contributed by atoms with Crippen molar-refractivity contribution in [1.82, 2.24) is 13.7 Å². The maximum atomic E-state index is 11.9. The third-order valence-electron chi connectivity index (χ3n) is 14.1. The second kappa shape index (κ2) is 13.0. The Hall–Kier alpha value is -9.04. The average molecular weight is 846 g/mol. The van der Waals surface area contributed by atoms with Gasteiger partial charge >= 0.3 is 0 Å². The Kier molecular flexibility index (Phi) is 7.19. The van der Waals surface area contributed by atoms with E-state index in [1.807, 2.05) is 48.5 Å². The first-order valence-electron chi connectivity index (χ1n) is 22.1. The zero-order valence-electron chi connectivity index (χ0n) is 35.8. The molecule has 7 heteroatoms. The van der Waals surface area contributed by atoms with Crippen LogP contribution in [0.15, 0.2) is 185 Å². The Morgan fingerprint density at radius 1 is 0.394 bits per heavy atom. The number of benzene rings is 9. The summed E-state index contributed by atoms with van der Waals surface area (Å²) in [6.07, 6.45) is 0. The molecule has 0 aliphatic rings. The lowest BCUT2D eigenvalue weighted by molar-refractivity contribution is 0.462. The number of rotatable bonds is 4. The summed E-state index contributed by atoms with van der Waals surface area (Å²) in [5.74, 6) is 0. The van der Waals surface area contributed by atoms with Gasteiger partial charge in [-0.2, -0.15) is 10.5 Å². The normalized spacial score (nSPS) is 12.4. The number of nitriles is 2. The smallest absolute Gasteiger partial charge is 0.160 e. The van der Waals surface area contributed by atoms with Gasteiger partial charge in [0.05, 0.1) is 50.1 Å². The molecule has 0 fully saturated rings. The summed E-state index contributed by atoms with van der Waals surface area (Å²) in [6, 6.07) is 65.9. The highest BCUT2D eigenvalue weighted by Crippen LogP contribution is 2.48. The largest absolute Gasteiger partial charge is 0.454 e. The average Bonchev–Trinajstić information content (AvgIpc) is 4.17. The zero-order chi connectivity index (χ0) is 44.0. The first-order valence-corrected chi connectivity index (χ1v) is 22.1. The van der Waals surface area contributed by atoms with E-state index in [-0.39, 0.29) is 0 Å². The van der Waals surface area contributed by atoms with Gasteiger partial charge in [-0.05, 0) is 68.4 Å². The minimum absolute atomic E-state index is 0.396. The second-order valence-electron chi connectivity index (χ2n) is 17.8. The van der Waals surface area contributed by atoms with Gasteiger partial charge in [0.15, 0.2) is 11.2 Å². The van der Waals surface area contributed by atoms with Crippen molar-refractivity contribution in [2.75, 3.05) is 0 Å². The molecule has 0 aliphatic carbocycles. The fourth-order valence-corrected chi connectivity index (χ4v) is 11.4. The van der Waals surface area contributed by atoms with Gasteiger partial charge in [-0.3, -0.25) is 0 Å². The van der Waals surface area contributed by atoms with E-state index < -0.39 is 5.54 Å². The molecule has 308 valence electrons. The summed E-state index contributed by atoms with van der Waals surface area (Å²) in [7, 11) is 0. The summed E-state index contributed by atoms with van der Waals surface area (Å²) in [5, 5.41) is 34.1. The molecule has 0 amide bonds. The first-order chi connectivity index (χ1) is 32.5. The Morgan fingerprint density at radius 2 is 0.742 bits per heavy atom. The lowest BCUT2D eigenvalue weighted by atomic mass is 9.83. The summed E-state index contributed by atoms with van der Waals surface area (Å²) in [5.41, 5.74) is 10.2. The number of nitrogens with zero attached hydrogens (tertiary/aromatic N) is 5. The van der Waals surface area contributed by atoms with E-state index in [1.54, 1.807) is 0 Å². The summed E-state index contributed by atoms with van der Waals surface area (Å²) < 4.78 is 20.4. The SMILES string of the molecule is CC(C)(c1c(C#N)c(-n2c3ccccc3c3ccc4c5ccccc5oc4c32)cc(-n2c3ccccc3c3ccc4c5ccccc5oc4c32)c1C#N)n1c2ccccc2c2ccccc21. The second-order valence-corrected chi connectivity index (χ2v) is 17.8. The Balaban J connectivity index is 1.23. The fraction of sp³-hybridized carbons (Fsp3) is 0.0508. The number of fused-ring (bicyclic) bond motifs is 17. The van der Waals surface area contributed by atoms with E-state index in [2.05, 4.69) is 167 Å². The maximum Gasteiger partial charge on any atom is 0.160 e. The standard InChI is InChI=1S/C59H35N5O2/c1-59(2,64-48-23-11-5-15-34(48)35-16-6-12-24-49(35)64)54-44(32-60)50(62-46-21-9-3-17-36(46)40-27-29-42-38-19-7-13-25-52(38)65-57(42)55(40)62)31-51(45(54)33-61)63-47-22-10-4-18-37(47)41-28-30-43-39-20-8-14-26-53(39)66-58(43)56(41)63/h3-31H,1-2H3. The van der Waals surface area contributed by atoms with E-state index >= 15 is 0 Å². The summed E-state index contributed by atoms with van der Waals surface area (Å²) in [6.45, 7) is 4.28. The van der Waals surface area contributed by atoms with Crippen LogP contribution in [-0.4, -0.2) is 13.7 Å². The topological polar surface area (TPSA) is 88.7 Å². The maximum absolute atomic E-state index is 11.9. The molecule has 0 saturated heterocycles. The van der Waals surface area contributed by atoms with Gasteiger partial charge in [0.1, 0.15) is 23.3 Å². The van der Waals surface area contributed by atoms with Gasteiger partial charge in [0, 0.05) is 70.5 Å². The molecule has 7 nitrogen and oxygen atoms in total. The van der Waals surface area contributed by atoms with Gasteiger partial charge in [0.25, 0.3) is 0 Å². The molecule has 14 aromatic rings. The van der Waals surface area contributed by atoms with Gasteiger partial charge < -0.3 is 22.5 Å². The number of hydrogen-bond donors (Lipinski definition) is 0. The molecule has 5 aromatic heterocycles. The van der Waals surface area contributed by atoms with Crippen molar-refractivity contribution in [2.24, 2.45) is 0 Å². The first kappa shape index (κ1) is 36.4. The Morgan fingerprint density at radius 3 is 1.17 bits per heavy atom. The molecule has 9 aromatic carbocycles. The highest BCUT2D eigenvalue weighted by atomic mass is 16.3. The highest BCUT2D eigenvalue weighted by molar-refractivity contribution is 6.23. The van der Waals surface area contributed by atoms with Crippen LogP contribution >= 0.6 is 0 Å². The number of aromatic nitrogens is 3. The van der Waals surface area contributed by atoms with Gasteiger partial charge in [0.2, 0.25) is 0 Å². The molecule has 0 radical (unpaired) electrons. The van der Waals surface area contributed by atoms with Crippen LogP contribution in [-0.2, 0) is 5.54 Å². The summed E-state index contributed by atoms with van der Waals surface area (Å²) >= 11 is 0. The Bertz CT molecular complexity index is 4260. The van der Waals surface area contributed by atoms with Crippen molar-refractivity contribution >= 4 is 109 Å². The van der Waals surface area contributed by atoms with Gasteiger partial charge in [-0.25, -0.2) is 0 Å². The van der Waals surface area contributed by atoms with E-state index in [9.17, 15) is 10.5 Å².